The van der Waals surface area contributed by atoms with Crippen LogP contribution >= 0.6 is 11.6 Å². The van der Waals surface area contributed by atoms with Crippen LogP contribution in [0.3, 0.4) is 0 Å². The Kier molecular flexibility index (Phi) is 6.28. The number of anilines is 2. The van der Waals surface area contributed by atoms with Crippen LogP contribution < -0.4 is 10.2 Å². The van der Waals surface area contributed by atoms with E-state index in [1.165, 1.54) is 15.3 Å². The highest BCUT2D eigenvalue weighted by atomic mass is 35.5. The molecule has 2 aromatic carbocycles. The Balaban J connectivity index is 1.59. The smallest absolute Gasteiger partial charge is 0.244 e. The molecule has 176 valence electrons. The third-order valence-electron chi connectivity index (χ3n) is 6.40. The van der Waals surface area contributed by atoms with E-state index < -0.39 is 15.4 Å². The molecule has 0 radical (unpaired) electrons. The number of nitrogens with zero attached hydrogens (tertiary/aromatic N) is 2. The fourth-order valence-corrected chi connectivity index (χ4v) is 6.27. The van der Waals surface area contributed by atoms with Gasteiger partial charge in [-0.05, 0) is 80.6 Å². The van der Waals surface area contributed by atoms with Crippen molar-refractivity contribution < 1.29 is 18.0 Å². The number of rotatable bonds is 5. The Labute approximate surface area is 199 Å². The van der Waals surface area contributed by atoms with Crippen LogP contribution in [0.25, 0.3) is 0 Å². The fraction of sp³-hybridized carbons (Fsp3) is 0.417. The second-order valence-corrected chi connectivity index (χ2v) is 11.7. The molecule has 33 heavy (non-hydrogen) atoms. The highest BCUT2D eigenvalue weighted by Gasteiger charge is 2.45. The van der Waals surface area contributed by atoms with E-state index in [2.05, 4.69) is 12.2 Å². The van der Waals surface area contributed by atoms with E-state index in [1.807, 2.05) is 0 Å². The maximum Gasteiger partial charge on any atom is 0.244 e. The van der Waals surface area contributed by atoms with Crippen molar-refractivity contribution >= 4 is 44.8 Å². The maximum absolute atomic E-state index is 13.3. The minimum atomic E-state index is -3.66. The van der Waals surface area contributed by atoms with Crippen LogP contribution in [0.5, 0.6) is 0 Å². The Bertz CT molecular complexity index is 1190. The summed E-state index contributed by atoms with van der Waals surface area (Å²) >= 11 is 5.88. The Hall–Kier alpha value is -2.42. The number of carbonyl (C=O) groups is 2. The van der Waals surface area contributed by atoms with Crippen LogP contribution in [0, 0.1) is 5.92 Å². The lowest BCUT2D eigenvalue weighted by molar-refractivity contribution is -0.124. The quantitative estimate of drug-likeness (QED) is 0.687. The molecule has 1 atom stereocenters. The summed E-state index contributed by atoms with van der Waals surface area (Å²) < 4.78 is 28.1. The van der Waals surface area contributed by atoms with Crippen molar-refractivity contribution in [2.24, 2.45) is 5.92 Å². The van der Waals surface area contributed by atoms with E-state index in [1.54, 1.807) is 50.2 Å². The van der Waals surface area contributed by atoms with Gasteiger partial charge in [0.25, 0.3) is 0 Å². The molecule has 0 bridgehead atoms. The predicted molar refractivity (Wildman–Crippen MR) is 129 cm³/mol. The highest BCUT2D eigenvalue weighted by molar-refractivity contribution is 7.89. The second kappa shape index (κ2) is 8.74. The molecule has 2 aromatic rings. The number of carbonyl (C=O) groups excluding carboxylic acids is 2. The molecule has 0 aliphatic carbocycles. The van der Waals surface area contributed by atoms with Gasteiger partial charge in [-0.15, -0.1) is 0 Å². The first-order valence-corrected chi connectivity index (χ1v) is 12.8. The molecule has 9 heteroatoms. The van der Waals surface area contributed by atoms with Crippen molar-refractivity contribution in [3.8, 4) is 0 Å². The number of nitrogens with one attached hydrogen (secondary N) is 1. The molecular formula is C24H28ClN3O4S. The Morgan fingerprint density at radius 1 is 1.18 bits per heavy atom. The summed E-state index contributed by atoms with van der Waals surface area (Å²) in [7, 11) is -3.66. The molecule has 0 aromatic heterocycles. The molecule has 1 N–H and O–H groups in total. The predicted octanol–water partition coefficient (Wildman–Crippen LogP) is 4.02. The number of piperidine rings is 1. The van der Waals surface area contributed by atoms with Crippen molar-refractivity contribution in [3.63, 3.8) is 0 Å². The second-order valence-electron chi connectivity index (χ2n) is 9.36. The monoisotopic (exact) mass is 489 g/mol. The van der Waals surface area contributed by atoms with Gasteiger partial charge in [0, 0.05) is 29.5 Å². The molecule has 0 unspecified atom stereocenters. The minimum absolute atomic E-state index is 0.173. The molecule has 2 heterocycles. The molecule has 7 nitrogen and oxygen atoms in total. The van der Waals surface area contributed by atoms with Crippen LogP contribution in [0.15, 0.2) is 47.4 Å². The van der Waals surface area contributed by atoms with E-state index in [-0.39, 0.29) is 23.3 Å². The molecule has 0 spiro atoms. The van der Waals surface area contributed by atoms with Gasteiger partial charge >= 0.3 is 0 Å². The van der Waals surface area contributed by atoms with Crippen molar-refractivity contribution in [1.82, 2.24) is 4.31 Å². The normalized spacial score (nSPS) is 20.5. The summed E-state index contributed by atoms with van der Waals surface area (Å²) in [6, 6.07) is 11.5. The largest absolute Gasteiger partial charge is 0.325 e. The topological polar surface area (TPSA) is 86.8 Å². The van der Waals surface area contributed by atoms with E-state index in [4.69, 9.17) is 11.6 Å². The Morgan fingerprint density at radius 2 is 1.88 bits per heavy atom. The van der Waals surface area contributed by atoms with Gasteiger partial charge in [-0.25, -0.2) is 8.42 Å². The molecule has 1 fully saturated rings. The van der Waals surface area contributed by atoms with Crippen molar-refractivity contribution in [1.29, 1.82) is 0 Å². The first-order chi connectivity index (χ1) is 15.5. The van der Waals surface area contributed by atoms with E-state index in [9.17, 15) is 18.0 Å². The van der Waals surface area contributed by atoms with Gasteiger partial charge in [-0.2, -0.15) is 4.31 Å². The Morgan fingerprint density at radius 3 is 2.55 bits per heavy atom. The number of fused-ring (bicyclic) bond motifs is 1. The first kappa shape index (κ1) is 23.7. The maximum atomic E-state index is 13.3. The molecular weight excluding hydrogens is 462 g/mol. The molecule has 0 saturated carbocycles. The number of sulfonamides is 1. The lowest BCUT2D eigenvalue weighted by atomic mass is 9.86. The number of hydrogen-bond donors (Lipinski definition) is 1. The van der Waals surface area contributed by atoms with E-state index >= 15 is 0 Å². The molecule has 2 aliphatic rings. The van der Waals surface area contributed by atoms with Gasteiger partial charge in [0.15, 0.2) is 0 Å². The molecule has 4 rings (SSSR count). The van der Waals surface area contributed by atoms with Gasteiger partial charge < -0.3 is 10.2 Å². The van der Waals surface area contributed by atoms with Gasteiger partial charge in [0.05, 0.1) is 10.3 Å². The van der Waals surface area contributed by atoms with Gasteiger partial charge in [0.2, 0.25) is 21.8 Å². The fourth-order valence-electron chi connectivity index (χ4n) is 4.52. The third-order valence-corrected chi connectivity index (χ3v) is 8.51. The van der Waals surface area contributed by atoms with Crippen LogP contribution in [0.4, 0.5) is 11.4 Å². The molecule has 1 saturated heterocycles. The highest BCUT2D eigenvalue weighted by Crippen LogP contribution is 2.43. The van der Waals surface area contributed by atoms with Crippen molar-refractivity contribution in [3.05, 3.63) is 53.1 Å². The summed E-state index contributed by atoms with van der Waals surface area (Å²) in [5.41, 5.74) is 0.796. The summed E-state index contributed by atoms with van der Waals surface area (Å²) in [5, 5.41) is 3.32. The van der Waals surface area contributed by atoms with Crippen LogP contribution in [-0.2, 0) is 25.0 Å². The lowest BCUT2D eigenvalue weighted by Crippen LogP contribution is -2.40. The van der Waals surface area contributed by atoms with Crippen molar-refractivity contribution in [2.75, 3.05) is 29.9 Å². The average molecular weight is 490 g/mol. The third kappa shape index (κ3) is 4.52. The minimum Gasteiger partial charge on any atom is -0.325 e. The van der Waals surface area contributed by atoms with Crippen LogP contribution in [0.2, 0.25) is 5.02 Å². The molecule has 2 amide bonds. The van der Waals surface area contributed by atoms with Crippen molar-refractivity contribution in [2.45, 2.75) is 43.9 Å². The van der Waals surface area contributed by atoms with Gasteiger partial charge in [0.1, 0.15) is 6.54 Å². The van der Waals surface area contributed by atoms with Gasteiger partial charge in [-0.1, -0.05) is 18.5 Å². The van der Waals surface area contributed by atoms with E-state index in [0.29, 0.717) is 41.0 Å². The zero-order valence-corrected chi connectivity index (χ0v) is 20.5. The summed E-state index contributed by atoms with van der Waals surface area (Å²) in [6.45, 7) is 6.39. The molecule has 2 aliphatic heterocycles. The van der Waals surface area contributed by atoms with Crippen LogP contribution in [-0.4, -0.2) is 44.2 Å². The zero-order chi connectivity index (χ0) is 24.0. The average Bonchev–Trinajstić information content (AvgIpc) is 2.95. The first-order valence-electron chi connectivity index (χ1n) is 11.0. The zero-order valence-electron chi connectivity index (χ0n) is 19.0. The lowest BCUT2D eigenvalue weighted by Gasteiger charge is -2.30. The summed E-state index contributed by atoms with van der Waals surface area (Å²) in [4.78, 5) is 27.4. The van der Waals surface area contributed by atoms with E-state index in [0.717, 1.165) is 12.8 Å². The number of halogens is 1. The summed E-state index contributed by atoms with van der Waals surface area (Å²) in [5.74, 6) is -0.283. The number of benzene rings is 2. The number of hydrogen-bond acceptors (Lipinski definition) is 4. The summed E-state index contributed by atoms with van der Waals surface area (Å²) in [6.07, 6.45) is 1.86. The van der Waals surface area contributed by atoms with Crippen LogP contribution in [0.1, 0.15) is 39.2 Å². The standard InChI is InChI=1S/C24H28ClN3O4S/c1-16-5-4-12-27(14-16)33(31,32)19-10-11-21-20(13-19)24(2,3)23(30)28(21)15-22(29)26-18-8-6-17(25)7-9-18/h6-11,13,16H,4-5,12,14-15H2,1-3H3,(H,26,29)/t16-/m1/s1. The van der Waals surface area contributed by atoms with Gasteiger partial charge in [-0.3, -0.25) is 9.59 Å². The SMILES string of the molecule is C[C@@H]1CCCN(S(=O)(=O)c2ccc3c(c2)C(C)(C)C(=O)N3CC(=O)Nc2ccc(Cl)cc2)C1. The number of amides is 2.